The summed E-state index contributed by atoms with van der Waals surface area (Å²) in [6.07, 6.45) is 2.06. The third-order valence-corrected chi connectivity index (χ3v) is 1.87. The van der Waals surface area contributed by atoms with Crippen LogP contribution >= 0.6 is 0 Å². The van der Waals surface area contributed by atoms with Crippen molar-refractivity contribution in [3.05, 3.63) is 22.4 Å². The summed E-state index contributed by atoms with van der Waals surface area (Å²) in [4.78, 5) is 11.3. The van der Waals surface area contributed by atoms with E-state index in [-0.39, 0.29) is 11.5 Å². The molecule has 0 aromatic carbocycles. The van der Waals surface area contributed by atoms with Crippen molar-refractivity contribution in [3.63, 3.8) is 0 Å². The zero-order chi connectivity index (χ0) is 9.14. The monoisotopic (exact) mass is 168 g/mol. The molecule has 1 aromatic heterocycles. The summed E-state index contributed by atoms with van der Waals surface area (Å²) in [6.45, 7) is 3.91. The minimum atomic E-state index is -0.264. The highest BCUT2D eigenvalue weighted by Gasteiger charge is 2.10. The van der Waals surface area contributed by atoms with Crippen molar-refractivity contribution in [2.45, 2.75) is 26.2 Å². The lowest BCUT2D eigenvalue weighted by molar-refractivity contribution is 0.650. The first kappa shape index (κ1) is 8.70. The van der Waals surface area contributed by atoms with E-state index in [1.165, 1.54) is 6.33 Å². The predicted octanol–water partition coefficient (Wildman–Crippen LogP) is -0.134. The first-order chi connectivity index (χ1) is 5.66. The maximum absolute atomic E-state index is 11.3. The number of aromatic nitrogens is 3. The minimum absolute atomic E-state index is 0.112. The Morgan fingerprint density at radius 1 is 1.75 bits per heavy atom. The average Bonchev–Trinajstić information content (AvgIpc) is 2.08. The minimum Gasteiger partial charge on any atom is -0.335 e. The molecule has 1 aromatic rings. The number of nitrogens with zero attached hydrogens (tertiary/aromatic N) is 3. The fourth-order valence-corrected chi connectivity index (χ4v) is 0.874. The first-order valence-electron chi connectivity index (χ1n) is 3.86. The zero-order valence-corrected chi connectivity index (χ0v) is 7.19. The summed E-state index contributed by atoms with van der Waals surface area (Å²) >= 11 is 0. The van der Waals surface area contributed by atoms with Gasteiger partial charge in [0, 0.05) is 5.92 Å². The molecule has 0 spiro atoms. The fourth-order valence-electron chi connectivity index (χ4n) is 0.874. The Balaban J connectivity index is 3.17. The highest BCUT2D eigenvalue weighted by molar-refractivity contribution is 5.00. The normalized spacial score (nSPS) is 12.8. The van der Waals surface area contributed by atoms with E-state index in [1.54, 1.807) is 0 Å². The summed E-state index contributed by atoms with van der Waals surface area (Å²) in [5.74, 6) is 5.43. The molecule has 0 aliphatic heterocycles. The van der Waals surface area contributed by atoms with Crippen molar-refractivity contribution in [1.82, 2.24) is 14.9 Å². The van der Waals surface area contributed by atoms with Crippen LogP contribution in [-0.4, -0.2) is 14.9 Å². The van der Waals surface area contributed by atoms with Gasteiger partial charge in [0.15, 0.2) is 0 Å². The van der Waals surface area contributed by atoms with Crippen molar-refractivity contribution >= 4 is 0 Å². The molecule has 1 unspecified atom stereocenters. The quantitative estimate of drug-likeness (QED) is 0.624. The van der Waals surface area contributed by atoms with Gasteiger partial charge in [-0.15, -0.1) is 10.2 Å². The number of nitrogen functional groups attached to an aromatic ring is 1. The van der Waals surface area contributed by atoms with Gasteiger partial charge in [-0.25, -0.2) is 4.68 Å². The zero-order valence-electron chi connectivity index (χ0n) is 7.19. The van der Waals surface area contributed by atoms with Gasteiger partial charge in [0.05, 0.1) is 0 Å². The summed E-state index contributed by atoms with van der Waals surface area (Å²) in [5, 5.41) is 7.35. The van der Waals surface area contributed by atoms with Crippen molar-refractivity contribution in [2.24, 2.45) is 0 Å². The Kier molecular flexibility index (Phi) is 2.42. The van der Waals surface area contributed by atoms with Crippen LogP contribution in [0.4, 0.5) is 0 Å². The molecule has 1 rings (SSSR count). The molecule has 0 saturated heterocycles. The van der Waals surface area contributed by atoms with Crippen molar-refractivity contribution in [3.8, 4) is 0 Å². The van der Waals surface area contributed by atoms with E-state index in [4.69, 9.17) is 5.84 Å². The highest BCUT2D eigenvalue weighted by atomic mass is 16.1. The third-order valence-electron chi connectivity index (χ3n) is 1.87. The molecule has 66 valence electrons. The topological polar surface area (TPSA) is 73.8 Å². The molecule has 0 aliphatic rings. The molecule has 2 N–H and O–H groups in total. The lowest BCUT2D eigenvalue weighted by Crippen LogP contribution is -2.32. The van der Waals surface area contributed by atoms with E-state index in [1.807, 2.05) is 13.8 Å². The van der Waals surface area contributed by atoms with E-state index in [0.717, 1.165) is 11.1 Å². The van der Waals surface area contributed by atoms with E-state index < -0.39 is 0 Å². The summed E-state index contributed by atoms with van der Waals surface area (Å²) in [6, 6.07) is 0. The van der Waals surface area contributed by atoms with Gasteiger partial charge in [-0.3, -0.25) is 4.79 Å². The van der Waals surface area contributed by atoms with Crippen molar-refractivity contribution in [2.75, 3.05) is 5.84 Å². The molecule has 0 amide bonds. The summed E-state index contributed by atoms with van der Waals surface area (Å²) < 4.78 is 0.953. The Morgan fingerprint density at radius 3 is 3.00 bits per heavy atom. The van der Waals surface area contributed by atoms with Crippen LogP contribution in [0.2, 0.25) is 0 Å². The van der Waals surface area contributed by atoms with E-state index in [9.17, 15) is 4.79 Å². The second-order valence-electron chi connectivity index (χ2n) is 2.74. The Morgan fingerprint density at radius 2 is 2.42 bits per heavy atom. The molecule has 5 nitrogen and oxygen atoms in total. The number of hydrogen-bond acceptors (Lipinski definition) is 4. The van der Waals surface area contributed by atoms with Gasteiger partial charge in [-0.1, -0.05) is 13.8 Å². The Labute approximate surface area is 70.2 Å². The summed E-state index contributed by atoms with van der Waals surface area (Å²) in [7, 11) is 0. The lowest BCUT2D eigenvalue weighted by atomic mass is 10.1. The molecular weight excluding hydrogens is 156 g/mol. The SMILES string of the molecule is CCC(C)c1nncn(N)c1=O. The molecule has 0 radical (unpaired) electrons. The van der Waals surface area contributed by atoms with Crippen molar-refractivity contribution < 1.29 is 0 Å². The van der Waals surface area contributed by atoms with Crippen LogP contribution in [0.15, 0.2) is 11.1 Å². The second-order valence-corrected chi connectivity index (χ2v) is 2.74. The maximum atomic E-state index is 11.3. The van der Waals surface area contributed by atoms with Crippen LogP contribution in [0.25, 0.3) is 0 Å². The molecule has 1 atom stereocenters. The van der Waals surface area contributed by atoms with Crippen LogP contribution < -0.4 is 11.4 Å². The third kappa shape index (κ3) is 1.44. The van der Waals surface area contributed by atoms with Gasteiger partial charge in [-0.2, -0.15) is 0 Å². The molecule has 0 bridgehead atoms. The molecule has 0 fully saturated rings. The molecule has 5 heteroatoms. The van der Waals surface area contributed by atoms with E-state index in [2.05, 4.69) is 10.2 Å². The molecule has 12 heavy (non-hydrogen) atoms. The van der Waals surface area contributed by atoms with Gasteiger partial charge >= 0.3 is 0 Å². The number of rotatable bonds is 2. The molecule has 1 heterocycles. The molecular formula is C7H12N4O. The van der Waals surface area contributed by atoms with Crippen LogP contribution in [0, 0.1) is 0 Å². The standard InChI is InChI=1S/C7H12N4O/c1-3-5(2)6-7(12)11(8)4-9-10-6/h4-5H,3,8H2,1-2H3. The number of nitrogens with two attached hydrogens (primary N) is 1. The van der Waals surface area contributed by atoms with E-state index in [0.29, 0.717) is 5.69 Å². The van der Waals surface area contributed by atoms with Gasteiger partial charge in [0.1, 0.15) is 12.0 Å². The van der Waals surface area contributed by atoms with Gasteiger partial charge in [0.25, 0.3) is 5.56 Å². The fraction of sp³-hybridized carbons (Fsp3) is 0.571. The van der Waals surface area contributed by atoms with Crippen LogP contribution in [0.5, 0.6) is 0 Å². The van der Waals surface area contributed by atoms with Gasteiger partial charge < -0.3 is 5.84 Å². The molecule has 0 saturated carbocycles. The van der Waals surface area contributed by atoms with Crippen LogP contribution in [-0.2, 0) is 0 Å². The van der Waals surface area contributed by atoms with Crippen LogP contribution in [0.1, 0.15) is 31.9 Å². The smallest absolute Gasteiger partial charge is 0.293 e. The Hall–Kier alpha value is -1.39. The predicted molar refractivity (Wildman–Crippen MR) is 45.1 cm³/mol. The maximum Gasteiger partial charge on any atom is 0.293 e. The highest BCUT2D eigenvalue weighted by Crippen LogP contribution is 2.09. The lowest BCUT2D eigenvalue weighted by Gasteiger charge is -2.05. The number of hydrogen-bond donors (Lipinski definition) is 1. The van der Waals surface area contributed by atoms with Gasteiger partial charge in [0.2, 0.25) is 0 Å². The average molecular weight is 168 g/mol. The summed E-state index contributed by atoms with van der Waals surface area (Å²) in [5.41, 5.74) is 0.168. The largest absolute Gasteiger partial charge is 0.335 e. The van der Waals surface area contributed by atoms with Gasteiger partial charge in [-0.05, 0) is 6.42 Å². The second kappa shape index (κ2) is 3.34. The Bertz CT molecular complexity index is 319. The van der Waals surface area contributed by atoms with Crippen LogP contribution in [0.3, 0.4) is 0 Å². The van der Waals surface area contributed by atoms with Crippen molar-refractivity contribution in [1.29, 1.82) is 0 Å². The molecule has 0 aliphatic carbocycles. The first-order valence-corrected chi connectivity index (χ1v) is 3.86. The van der Waals surface area contributed by atoms with E-state index >= 15 is 0 Å².